The molecule has 2 heterocycles. The highest BCUT2D eigenvalue weighted by molar-refractivity contribution is 7.92. The number of hydrogen-bond acceptors (Lipinski definition) is 6. The number of benzene rings is 2. The molecule has 8 nitrogen and oxygen atoms in total. The molecule has 0 saturated carbocycles. The minimum atomic E-state index is -3.74. The number of ether oxygens (including phenoxy) is 1. The summed E-state index contributed by atoms with van der Waals surface area (Å²) in [6.07, 6.45) is 2.98. The van der Waals surface area contributed by atoms with Crippen LogP contribution in [0.15, 0.2) is 90.1 Å². The second-order valence-corrected chi connectivity index (χ2v) is 9.23. The zero-order valence-electron chi connectivity index (χ0n) is 18.5. The third-order valence-electron chi connectivity index (χ3n) is 4.86. The molecule has 4 aromatic rings. The molecule has 0 bridgehead atoms. The van der Waals surface area contributed by atoms with E-state index in [4.69, 9.17) is 4.74 Å². The number of nitrogens with zero attached hydrogens (tertiary/aromatic N) is 2. The molecule has 4 rings (SSSR count). The van der Waals surface area contributed by atoms with E-state index in [0.717, 1.165) is 11.1 Å². The fourth-order valence-corrected chi connectivity index (χ4v) is 4.11. The van der Waals surface area contributed by atoms with Crippen molar-refractivity contribution in [3.8, 4) is 11.5 Å². The van der Waals surface area contributed by atoms with Crippen molar-refractivity contribution in [1.29, 1.82) is 0 Å². The molecule has 1 amide bonds. The number of rotatable bonds is 7. The van der Waals surface area contributed by atoms with E-state index in [1.54, 1.807) is 54.7 Å². The number of pyridine rings is 2. The summed E-state index contributed by atoms with van der Waals surface area (Å²) in [4.78, 5) is 20.9. The van der Waals surface area contributed by atoms with Crippen molar-refractivity contribution in [2.24, 2.45) is 0 Å². The number of aryl methyl sites for hydroxylation is 2. The Bertz CT molecular complexity index is 1420. The monoisotopic (exact) mass is 474 g/mol. The molecule has 172 valence electrons. The molecule has 0 aliphatic carbocycles. The Balaban J connectivity index is 1.42. The molecule has 0 fully saturated rings. The van der Waals surface area contributed by atoms with Gasteiger partial charge in [-0.15, -0.1) is 0 Å². The summed E-state index contributed by atoms with van der Waals surface area (Å²) in [6.45, 7) is 3.70. The van der Waals surface area contributed by atoms with Crippen LogP contribution >= 0.6 is 0 Å². The van der Waals surface area contributed by atoms with Gasteiger partial charge in [-0.05, 0) is 61.9 Å². The molecule has 2 aromatic heterocycles. The number of amides is 1. The van der Waals surface area contributed by atoms with E-state index in [-0.39, 0.29) is 16.6 Å². The summed E-state index contributed by atoms with van der Waals surface area (Å²) >= 11 is 0. The molecule has 0 atom stereocenters. The number of carbonyl (C=O) groups excluding carboxylic acids is 1. The first-order valence-electron chi connectivity index (χ1n) is 10.4. The van der Waals surface area contributed by atoms with Crippen molar-refractivity contribution in [1.82, 2.24) is 9.97 Å². The molecule has 34 heavy (non-hydrogen) atoms. The molecule has 0 spiro atoms. The number of anilines is 2. The minimum absolute atomic E-state index is 0.153. The minimum Gasteiger partial charge on any atom is -0.456 e. The van der Waals surface area contributed by atoms with Crippen LogP contribution in [-0.2, 0) is 10.0 Å². The second-order valence-electron chi connectivity index (χ2n) is 7.55. The highest BCUT2D eigenvalue weighted by Crippen LogP contribution is 2.25. The first kappa shape index (κ1) is 22.9. The molecule has 0 saturated heterocycles. The standard InChI is InChI=1S/C25H22N4O4S/c1-17-8-11-22(12-9-17)34(31,32)29-23-13-10-21(16-27-23)33-20-7-3-6-19(15-20)28-25(30)24-18(2)5-4-14-26-24/h3-16H,1-2H3,(H,27,29)(H,28,30). The lowest BCUT2D eigenvalue weighted by atomic mass is 10.2. The number of aromatic nitrogens is 2. The third-order valence-corrected chi connectivity index (χ3v) is 6.23. The second kappa shape index (κ2) is 9.72. The summed E-state index contributed by atoms with van der Waals surface area (Å²) in [5.41, 5.74) is 2.63. The van der Waals surface area contributed by atoms with Gasteiger partial charge in [0.15, 0.2) is 0 Å². The normalized spacial score (nSPS) is 11.0. The molecule has 0 aliphatic rings. The van der Waals surface area contributed by atoms with Gasteiger partial charge in [0.25, 0.3) is 15.9 Å². The van der Waals surface area contributed by atoms with Crippen molar-refractivity contribution in [3.05, 3.63) is 102 Å². The quantitative estimate of drug-likeness (QED) is 0.393. The van der Waals surface area contributed by atoms with Crippen LogP contribution in [-0.4, -0.2) is 24.3 Å². The van der Waals surface area contributed by atoms with E-state index in [2.05, 4.69) is 20.0 Å². The lowest BCUT2D eigenvalue weighted by Gasteiger charge is -2.11. The van der Waals surface area contributed by atoms with Gasteiger partial charge in [0.1, 0.15) is 23.0 Å². The molecular weight excluding hydrogens is 452 g/mol. The Hall–Kier alpha value is -4.24. The average molecular weight is 475 g/mol. The van der Waals surface area contributed by atoms with E-state index in [9.17, 15) is 13.2 Å². The predicted octanol–water partition coefficient (Wildman–Crippen LogP) is 4.94. The van der Waals surface area contributed by atoms with Gasteiger partial charge < -0.3 is 10.1 Å². The molecular formula is C25H22N4O4S. The highest BCUT2D eigenvalue weighted by atomic mass is 32.2. The zero-order valence-corrected chi connectivity index (χ0v) is 19.3. The van der Waals surface area contributed by atoms with Crippen molar-refractivity contribution < 1.29 is 17.9 Å². The van der Waals surface area contributed by atoms with Crippen LogP contribution in [0.5, 0.6) is 11.5 Å². The topological polar surface area (TPSA) is 110 Å². The van der Waals surface area contributed by atoms with Gasteiger partial charge in [0, 0.05) is 18.0 Å². The van der Waals surface area contributed by atoms with E-state index >= 15 is 0 Å². The maximum absolute atomic E-state index is 12.5. The first-order chi connectivity index (χ1) is 16.3. The van der Waals surface area contributed by atoms with Gasteiger partial charge in [-0.25, -0.2) is 13.4 Å². The number of hydrogen-bond donors (Lipinski definition) is 2. The number of nitrogens with one attached hydrogen (secondary N) is 2. The predicted molar refractivity (Wildman–Crippen MR) is 130 cm³/mol. The molecule has 0 radical (unpaired) electrons. The van der Waals surface area contributed by atoms with Crippen LogP contribution in [0.1, 0.15) is 21.6 Å². The van der Waals surface area contributed by atoms with Gasteiger partial charge >= 0.3 is 0 Å². The van der Waals surface area contributed by atoms with Crippen molar-refractivity contribution in [2.75, 3.05) is 10.0 Å². The Morgan fingerprint density at radius 1 is 0.882 bits per heavy atom. The average Bonchev–Trinajstić information content (AvgIpc) is 2.81. The fourth-order valence-electron chi connectivity index (χ4n) is 3.10. The van der Waals surface area contributed by atoms with Gasteiger partial charge in [0.05, 0.1) is 11.1 Å². The Kier molecular flexibility index (Phi) is 6.55. The van der Waals surface area contributed by atoms with Crippen LogP contribution in [0.2, 0.25) is 0 Å². The van der Waals surface area contributed by atoms with Crippen molar-refractivity contribution in [2.45, 2.75) is 18.7 Å². The largest absolute Gasteiger partial charge is 0.456 e. The lowest BCUT2D eigenvalue weighted by Crippen LogP contribution is -2.15. The summed E-state index contributed by atoms with van der Waals surface area (Å²) in [6, 6.07) is 20.1. The highest BCUT2D eigenvalue weighted by Gasteiger charge is 2.15. The van der Waals surface area contributed by atoms with Crippen LogP contribution in [0.4, 0.5) is 11.5 Å². The van der Waals surface area contributed by atoms with E-state index in [1.165, 1.54) is 24.4 Å². The van der Waals surface area contributed by atoms with Gasteiger partial charge in [-0.3, -0.25) is 14.5 Å². The molecule has 9 heteroatoms. The molecule has 0 unspecified atom stereocenters. The summed E-state index contributed by atoms with van der Waals surface area (Å²) in [5.74, 6) is 0.731. The maximum atomic E-state index is 12.5. The number of carbonyl (C=O) groups is 1. The van der Waals surface area contributed by atoms with E-state index in [0.29, 0.717) is 22.9 Å². The van der Waals surface area contributed by atoms with Crippen molar-refractivity contribution in [3.63, 3.8) is 0 Å². The SMILES string of the molecule is Cc1ccc(S(=O)(=O)Nc2ccc(Oc3cccc(NC(=O)c4ncccc4C)c3)cn2)cc1. The third kappa shape index (κ3) is 5.57. The van der Waals surface area contributed by atoms with Crippen molar-refractivity contribution >= 4 is 27.4 Å². The zero-order chi connectivity index (χ0) is 24.1. The summed E-state index contributed by atoms with van der Waals surface area (Å²) < 4.78 is 33.3. The van der Waals surface area contributed by atoms with Gasteiger partial charge in [-0.1, -0.05) is 29.8 Å². The summed E-state index contributed by atoms with van der Waals surface area (Å²) in [5, 5.41) is 2.81. The lowest BCUT2D eigenvalue weighted by molar-refractivity contribution is 0.102. The Morgan fingerprint density at radius 2 is 1.68 bits per heavy atom. The molecule has 2 N–H and O–H groups in total. The Labute approximate surface area is 197 Å². The molecule has 2 aromatic carbocycles. The van der Waals surface area contributed by atoms with Crippen LogP contribution in [0.3, 0.4) is 0 Å². The first-order valence-corrected chi connectivity index (χ1v) is 11.8. The van der Waals surface area contributed by atoms with Gasteiger partial charge in [-0.2, -0.15) is 0 Å². The van der Waals surface area contributed by atoms with E-state index < -0.39 is 10.0 Å². The maximum Gasteiger partial charge on any atom is 0.274 e. The summed E-state index contributed by atoms with van der Waals surface area (Å²) in [7, 11) is -3.74. The van der Waals surface area contributed by atoms with E-state index in [1.807, 2.05) is 19.9 Å². The van der Waals surface area contributed by atoms with Gasteiger partial charge in [0.2, 0.25) is 0 Å². The van der Waals surface area contributed by atoms with Crippen LogP contribution in [0, 0.1) is 13.8 Å². The van der Waals surface area contributed by atoms with Crippen LogP contribution < -0.4 is 14.8 Å². The molecule has 0 aliphatic heterocycles. The Morgan fingerprint density at radius 3 is 2.38 bits per heavy atom. The van der Waals surface area contributed by atoms with Crippen LogP contribution in [0.25, 0.3) is 0 Å². The smallest absolute Gasteiger partial charge is 0.274 e. The number of sulfonamides is 1. The fraction of sp³-hybridized carbons (Fsp3) is 0.0800.